The Morgan fingerprint density at radius 1 is 0.962 bits per heavy atom. The Labute approximate surface area is 157 Å². The molecule has 0 spiro atoms. The monoisotopic (exact) mass is 356 g/mol. The van der Waals surface area contributed by atoms with Gasteiger partial charge >= 0.3 is 0 Å². The van der Waals surface area contributed by atoms with Crippen LogP contribution in [0, 0.1) is 17.8 Å². The Morgan fingerprint density at radius 3 is 2.38 bits per heavy atom. The summed E-state index contributed by atoms with van der Waals surface area (Å²) in [7, 11) is 0. The SMILES string of the molecule is O=C(CN1C[C@@H](COCC2CC2)CC[C@H]1c1ccccc1)NCC1CC1. The Morgan fingerprint density at radius 2 is 1.65 bits per heavy atom. The summed E-state index contributed by atoms with van der Waals surface area (Å²) in [5.41, 5.74) is 1.33. The molecular formula is C22H32N2O2. The molecule has 3 aliphatic rings. The Balaban J connectivity index is 1.33. The van der Waals surface area contributed by atoms with E-state index >= 15 is 0 Å². The number of benzene rings is 1. The van der Waals surface area contributed by atoms with E-state index in [1.54, 1.807) is 0 Å². The van der Waals surface area contributed by atoms with Crippen molar-refractivity contribution in [3.8, 4) is 0 Å². The first kappa shape index (κ1) is 18.0. The number of hydrogen-bond donors (Lipinski definition) is 1. The van der Waals surface area contributed by atoms with E-state index in [0.29, 0.717) is 18.5 Å². The number of nitrogens with one attached hydrogen (secondary N) is 1. The number of nitrogens with zero attached hydrogens (tertiary/aromatic N) is 1. The summed E-state index contributed by atoms with van der Waals surface area (Å²) in [6, 6.07) is 11.0. The van der Waals surface area contributed by atoms with Gasteiger partial charge in [0.05, 0.1) is 13.2 Å². The molecule has 1 heterocycles. The van der Waals surface area contributed by atoms with Crippen LogP contribution in [-0.4, -0.2) is 43.7 Å². The normalized spacial score (nSPS) is 26.6. The number of carbonyl (C=O) groups is 1. The summed E-state index contributed by atoms with van der Waals surface area (Å²) in [6.07, 6.45) is 7.53. The van der Waals surface area contributed by atoms with Crippen LogP contribution < -0.4 is 5.32 Å². The third-order valence-electron chi connectivity index (χ3n) is 6.00. The van der Waals surface area contributed by atoms with E-state index in [4.69, 9.17) is 4.74 Å². The maximum atomic E-state index is 12.5. The lowest BCUT2D eigenvalue weighted by molar-refractivity contribution is -0.123. The van der Waals surface area contributed by atoms with Crippen molar-refractivity contribution in [2.45, 2.75) is 44.6 Å². The highest BCUT2D eigenvalue weighted by molar-refractivity contribution is 5.78. The second-order valence-corrected chi connectivity index (χ2v) is 8.53. The second-order valence-electron chi connectivity index (χ2n) is 8.53. The van der Waals surface area contributed by atoms with Crippen LogP contribution in [0.1, 0.15) is 50.1 Å². The largest absolute Gasteiger partial charge is 0.381 e. The number of rotatable bonds is 9. The Kier molecular flexibility index (Phi) is 5.91. The molecule has 3 fully saturated rings. The molecule has 1 aromatic rings. The van der Waals surface area contributed by atoms with E-state index in [2.05, 4.69) is 40.5 Å². The van der Waals surface area contributed by atoms with Gasteiger partial charge in [-0.05, 0) is 61.8 Å². The predicted molar refractivity (Wildman–Crippen MR) is 103 cm³/mol. The minimum absolute atomic E-state index is 0.178. The van der Waals surface area contributed by atoms with Crippen molar-refractivity contribution in [1.29, 1.82) is 0 Å². The fourth-order valence-electron chi connectivity index (χ4n) is 4.00. The zero-order chi connectivity index (χ0) is 17.8. The van der Waals surface area contributed by atoms with Crippen molar-refractivity contribution in [2.75, 3.05) is 32.8 Å². The summed E-state index contributed by atoms with van der Waals surface area (Å²) in [4.78, 5) is 14.8. The maximum Gasteiger partial charge on any atom is 0.234 e. The van der Waals surface area contributed by atoms with E-state index in [-0.39, 0.29) is 5.91 Å². The van der Waals surface area contributed by atoms with Gasteiger partial charge in [0.15, 0.2) is 0 Å². The number of likely N-dealkylation sites (tertiary alicyclic amines) is 1. The number of ether oxygens (including phenoxy) is 1. The smallest absolute Gasteiger partial charge is 0.234 e. The molecule has 4 nitrogen and oxygen atoms in total. The van der Waals surface area contributed by atoms with E-state index in [1.165, 1.54) is 37.7 Å². The van der Waals surface area contributed by atoms with Crippen molar-refractivity contribution in [3.63, 3.8) is 0 Å². The van der Waals surface area contributed by atoms with Gasteiger partial charge in [0.1, 0.15) is 0 Å². The molecule has 2 saturated carbocycles. The van der Waals surface area contributed by atoms with Crippen LogP contribution in [0.2, 0.25) is 0 Å². The summed E-state index contributed by atoms with van der Waals surface area (Å²) in [6.45, 7) is 4.10. The van der Waals surface area contributed by atoms with Crippen LogP contribution in [0.15, 0.2) is 30.3 Å². The molecule has 1 aromatic carbocycles. The molecule has 1 N–H and O–H groups in total. The average molecular weight is 357 g/mol. The summed E-state index contributed by atoms with van der Waals surface area (Å²) in [5, 5.41) is 3.13. The van der Waals surface area contributed by atoms with Crippen molar-refractivity contribution in [1.82, 2.24) is 10.2 Å². The molecule has 0 aromatic heterocycles. The van der Waals surface area contributed by atoms with Crippen molar-refractivity contribution < 1.29 is 9.53 Å². The van der Waals surface area contributed by atoms with Gasteiger partial charge in [-0.25, -0.2) is 0 Å². The van der Waals surface area contributed by atoms with Gasteiger partial charge in [0, 0.05) is 25.7 Å². The van der Waals surface area contributed by atoms with Gasteiger partial charge in [-0.1, -0.05) is 30.3 Å². The summed E-state index contributed by atoms with van der Waals surface area (Å²) in [5.74, 6) is 2.27. The van der Waals surface area contributed by atoms with Gasteiger partial charge in [-0.3, -0.25) is 9.69 Å². The Bertz CT molecular complexity index is 583. The first-order valence-corrected chi connectivity index (χ1v) is 10.4. The molecule has 1 amide bonds. The molecule has 1 aliphatic heterocycles. The van der Waals surface area contributed by atoms with Crippen LogP contribution in [0.25, 0.3) is 0 Å². The minimum Gasteiger partial charge on any atom is -0.381 e. The van der Waals surface area contributed by atoms with Gasteiger partial charge in [-0.15, -0.1) is 0 Å². The number of amides is 1. The fourth-order valence-corrected chi connectivity index (χ4v) is 4.00. The van der Waals surface area contributed by atoms with Crippen LogP contribution in [0.3, 0.4) is 0 Å². The second kappa shape index (κ2) is 8.53. The maximum absolute atomic E-state index is 12.5. The third-order valence-corrected chi connectivity index (χ3v) is 6.00. The number of hydrogen-bond acceptors (Lipinski definition) is 3. The lowest BCUT2D eigenvalue weighted by Gasteiger charge is -2.39. The molecule has 0 bridgehead atoms. The highest BCUT2D eigenvalue weighted by Gasteiger charge is 2.31. The number of carbonyl (C=O) groups excluding carboxylic acids is 1. The third kappa shape index (κ3) is 5.31. The van der Waals surface area contributed by atoms with Crippen molar-refractivity contribution in [3.05, 3.63) is 35.9 Å². The fraction of sp³-hybridized carbons (Fsp3) is 0.682. The van der Waals surface area contributed by atoms with Gasteiger partial charge in [-0.2, -0.15) is 0 Å². The minimum atomic E-state index is 0.178. The first-order valence-electron chi connectivity index (χ1n) is 10.4. The predicted octanol–water partition coefficient (Wildman–Crippen LogP) is 3.39. The van der Waals surface area contributed by atoms with E-state index in [0.717, 1.165) is 44.6 Å². The van der Waals surface area contributed by atoms with Crippen LogP contribution in [-0.2, 0) is 9.53 Å². The average Bonchev–Trinajstić information content (AvgIpc) is 3.56. The van der Waals surface area contributed by atoms with E-state index in [9.17, 15) is 4.79 Å². The highest BCUT2D eigenvalue weighted by Crippen LogP contribution is 2.34. The van der Waals surface area contributed by atoms with E-state index in [1.807, 2.05) is 0 Å². The molecule has 4 heteroatoms. The first-order chi connectivity index (χ1) is 12.8. The topological polar surface area (TPSA) is 41.6 Å². The zero-order valence-electron chi connectivity index (χ0n) is 15.7. The van der Waals surface area contributed by atoms with Crippen molar-refractivity contribution in [2.24, 2.45) is 17.8 Å². The molecular weight excluding hydrogens is 324 g/mol. The zero-order valence-corrected chi connectivity index (χ0v) is 15.7. The molecule has 26 heavy (non-hydrogen) atoms. The number of piperidine rings is 1. The summed E-state index contributed by atoms with van der Waals surface area (Å²) < 4.78 is 5.95. The van der Waals surface area contributed by atoms with E-state index < -0.39 is 0 Å². The molecule has 1 saturated heterocycles. The molecule has 0 radical (unpaired) electrons. The highest BCUT2D eigenvalue weighted by atomic mass is 16.5. The summed E-state index contributed by atoms with van der Waals surface area (Å²) >= 11 is 0. The van der Waals surface area contributed by atoms with Crippen LogP contribution >= 0.6 is 0 Å². The Hall–Kier alpha value is -1.39. The molecule has 0 unspecified atom stereocenters. The molecule has 2 atom stereocenters. The molecule has 4 rings (SSSR count). The lowest BCUT2D eigenvalue weighted by atomic mass is 9.89. The van der Waals surface area contributed by atoms with Crippen LogP contribution in [0.4, 0.5) is 0 Å². The standard InChI is InChI=1S/C22H32N2O2/c25-22(23-12-17-6-7-17)14-24-13-19(16-26-15-18-8-9-18)10-11-21(24)20-4-2-1-3-5-20/h1-5,17-19,21H,6-16H2,(H,23,25)/t19-,21-/m0/s1. The van der Waals surface area contributed by atoms with Crippen LogP contribution in [0.5, 0.6) is 0 Å². The van der Waals surface area contributed by atoms with Crippen molar-refractivity contribution >= 4 is 5.91 Å². The molecule has 142 valence electrons. The van der Waals surface area contributed by atoms with Gasteiger partial charge < -0.3 is 10.1 Å². The molecule has 2 aliphatic carbocycles. The van der Waals surface area contributed by atoms with Gasteiger partial charge in [0.2, 0.25) is 5.91 Å². The van der Waals surface area contributed by atoms with Gasteiger partial charge in [0.25, 0.3) is 0 Å². The quantitative estimate of drug-likeness (QED) is 0.737. The lowest BCUT2D eigenvalue weighted by Crippen LogP contribution is -2.45.